The fourth-order valence-electron chi connectivity index (χ4n) is 5.33. The van der Waals surface area contributed by atoms with Crippen LogP contribution in [0.25, 0.3) is 0 Å². The number of carbonyl (C=O) groups is 2. The largest absolute Gasteiger partial charge is 0.352 e. The molecule has 0 bridgehead atoms. The lowest BCUT2D eigenvalue weighted by molar-refractivity contribution is -0.141. The quantitative estimate of drug-likeness (QED) is 0.349. The lowest BCUT2D eigenvalue weighted by Gasteiger charge is -2.33. The molecule has 1 N–H and O–H groups in total. The average Bonchev–Trinajstić information content (AvgIpc) is 2.87. The molecule has 0 aliphatic heterocycles. The van der Waals surface area contributed by atoms with E-state index in [1.807, 2.05) is 68.4 Å². The highest BCUT2D eigenvalue weighted by molar-refractivity contribution is 6.30. The van der Waals surface area contributed by atoms with E-state index in [4.69, 9.17) is 11.6 Å². The highest BCUT2D eigenvalue weighted by Gasteiger charge is 2.32. The number of nitrogens with zero attached hydrogens (tertiary/aromatic N) is 1. The van der Waals surface area contributed by atoms with Crippen LogP contribution < -0.4 is 5.32 Å². The van der Waals surface area contributed by atoms with Crippen molar-refractivity contribution >= 4 is 23.4 Å². The van der Waals surface area contributed by atoms with Crippen molar-refractivity contribution < 1.29 is 9.59 Å². The number of carbonyl (C=O) groups excluding carboxylic acids is 2. The first-order valence-corrected chi connectivity index (χ1v) is 13.7. The molecule has 0 aromatic heterocycles. The molecule has 0 unspecified atom stereocenters. The van der Waals surface area contributed by atoms with Gasteiger partial charge in [-0.3, -0.25) is 9.59 Å². The Balaban J connectivity index is 1.66. The second-order valence-electron chi connectivity index (χ2n) is 10.4. The number of rotatable bonds is 9. The first-order chi connectivity index (χ1) is 17.9. The zero-order chi connectivity index (χ0) is 26.2. The number of nitrogens with one attached hydrogen (secondary N) is 1. The predicted octanol–water partition coefficient (Wildman–Crippen LogP) is 6.59. The standard InChI is InChI=1S/C32H37ClN2O2/c1-23-17-24(2)19-27(18-23)21-31(36)35(22-26-13-15-28(33)16-14-26)30(20-25-9-5-3-6-10-25)32(37)34-29-11-7-4-8-12-29/h3,5-6,9-10,13-19,29-30H,4,7-8,11-12,20-22H2,1-2H3,(H,34,37)/t30-/m0/s1. The van der Waals surface area contributed by atoms with Crippen molar-refractivity contribution in [3.05, 3.63) is 106 Å². The number of hydrogen-bond donors (Lipinski definition) is 1. The summed E-state index contributed by atoms with van der Waals surface area (Å²) in [6.07, 6.45) is 6.19. The van der Waals surface area contributed by atoms with Gasteiger partial charge in [0.25, 0.3) is 0 Å². The number of halogens is 1. The Bertz CT molecular complexity index is 1170. The Hall–Kier alpha value is -3.11. The van der Waals surface area contributed by atoms with E-state index in [2.05, 4.69) is 23.5 Å². The molecule has 1 aliphatic rings. The summed E-state index contributed by atoms with van der Waals surface area (Å²) in [7, 11) is 0. The molecule has 1 aliphatic carbocycles. The molecular weight excluding hydrogens is 480 g/mol. The maximum atomic E-state index is 14.0. The highest BCUT2D eigenvalue weighted by Crippen LogP contribution is 2.21. The molecule has 37 heavy (non-hydrogen) atoms. The summed E-state index contributed by atoms with van der Waals surface area (Å²) >= 11 is 6.13. The van der Waals surface area contributed by atoms with E-state index in [9.17, 15) is 9.59 Å². The SMILES string of the molecule is Cc1cc(C)cc(CC(=O)N(Cc2ccc(Cl)cc2)[C@@H](Cc2ccccc2)C(=O)NC2CCCCC2)c1. The molecule has 1 atom stereocenters. The van der Waals surface area contributed by atoms with E-state index in [0.717, 1.165) is 53.5 Å². The van der Waals surface area contributed by atoms with Crippen LogP contribution in [0.4, 0.5) is 0 Å². The molecule has 0 saturated heterocycles. The van der Waals surface area contributed by atoms with Gasteiger partial charge in [-0.2, -0.15) is 0 Å². The third-order valence-electron chi connectivity index (χ3n) is 7.13. The summed E-state index contributed by atoms with van der Waals surface area (Å²) in [6.45, 7) is 4.43. The summed E-state index contributed by atoms with van der Waals surface area (Å²) in [6, 6.07) is 23.3. The number of benzene rings is 3. The van der Waals surface area contributed by atoms with Crippen LogP contribution >= 0.6 is 11.6 Å². The first kappa shape index (κ1) is 26.9. The van der Waals surface area contributed by atoms with Gasteiger partial charge in [-0.05, 0) is 55.5 Å². The first-order valence-electron chi connectivity index (χ1n) is 13.3. The molecule has 4 rings (SSSR count). The zero-order valence-electron chi connectivity index (χ0n) is 21.9. The van der Waals surface area contributed by atoms with E-state index >= 15 is 0 Å². The van der Waals surface area contributed by atoms with Crippen LogP contribution in [0.3, 0.4) is 0 Å². The summed E-state index contributed by atoms with van der Waals surface area (Å²) in [5, 5.41) is 3.94. The second-order valence-corrected chi connectivity index (χ2v) is 10.8. The monoisotopic (exact) mass is 516 g/mol. The molecule has 3 aromatic carbocycles. The van der Waals surface area contributed by atoms with Gasteiger partial charge in [0.2, 0.25) is 11.8 Å². The van der Waals surface area contributed by atoms with Crippen molar-refractivity contribution in [2.24, 2.45) is 0 Å². The van der Waals surface area contributed by atoms with E-state index in [-0.39, 0.29) is 24.3 Å². The predicted molar refractivity (Wildman–Crippen MR) is 151 cm³/mol. The molecule has 0 spiro atoms. The van der Waals surface area contributed by atoms with E-state index in [0.29, 0.717) is 18.0 Å². The number of aryl methyl sites for hydroxylation is 2. The van der Waals surface area contributed by atoms with Gasteiger partial charge in [0.15, 0.2) is 0 Å². The molecule has 5 heteroatoms. The van der Waals surface area contributed by atoms with E-state index in [1.165, 1.54) is 6.42 Å². The van der Waals surface area contributed by atoms with E-state index < -0.39 is 6.04 Å². The van der Waals surface area contributed by atoms with Gasteiger partial charge in [0.05, 0.1) is 6.42 Å². The van der Waals surface area contributed by atoms with Gasteiger partial charge in [-0.15, -0.1) is 0 Å². The Morgan fingerprint density at radius 2 is 1.51 bits per heavy atom. The van der Waals surface area contributed by atoms with Gasteiger partial charge in [-0.25, -0.2) is 0 Å². The normalized spacial score (nSPS) is 14.7. The molecule has 1 saturated carbocycles. The maximum absolute atomic E-state index is 14.0. The van der Waals surface area contributed by atoms with Crippen molar-refractivity contribution in [1.29, 1.82) is 0 Å². The van der Waals surface area contributed by atoms with Crippen LogP contribution in [0.5, 0.6) is 0 Å². The molecule has 3 aromatic rings. The molecule has 2 amide bonds. The van der Waals surface area contributed by atoms with E-state index in [1.54, 1.807) is 4.90 Å². The Labute approximate surface area is 226 Å². The fourth-order valence-corrected chi connectivity index (χ4v) is 5.46. The molecule has 1 fully saturated rings. The van der Waals surface area contributed by atoms with Crippen molar-refractivity contribution in [3.63, 3.8) is 0 Å². The highest BCUT2D eigenvalue weighted by atomic mass is 35.5. The Morgan fingerprint density at radius 1 is 0.865 bits per heavy atom. The molecule has 4 nitrogen and oxygen atoms in total. The minimum atomic E-state index is -0.613. The molecule has 0 heterocycles. The Kier molecular flexibility index (Phi) is 9.40. The van der Waals surface area contributed by atoms with Gasteiger partial charge in [-0.1, -0.05) is 103 Å². The summed E-state index contributed by atoms with van der Waals surface area (Å²) in [5.74, 6) is -0.127. The van der Waals surface area contributed by atoms with Crippen LogP contribution in [0.15, 0.2) is 72.8 Å². The van der Waals surface area contributed by atoms with Crippen LogP contribution in [-0.2, 0) is 29.0 Å². The summed E-state index contributed by atoms with van der Waals surface area (Å²) < 4.78 is 0. The van der Waals surface area contributed by atoms with Crippen LogP contribution in [0.1, 0.15) is 59.9 Å². The number of hydrogen-bond acceptors (Lipinski definition) is 2. The van der Waals surface area contributed by atoms with Crippen molar-refractivity contribution in [2.75, 3.05) is 0 Å². The average molecular weight is 517 g/mol. The van der Waals surface area contributed by atoms with Crippen LogP contribution in [0, 0.1) is 13.8 Å². The Morgan fingerprint density at radius 3 is 2.16 bits per heavy atom. The minimum absolute atomic E-state index is 0.0559. The zero-order valence-corrected chi connectivity index (χ0v) is 22.6. The van der Waals surface area contributed by atoms with Gasteiger partial charge < -0.3 is 10.2 Å². The lowest BCUT2D eigenvalue weighted by atomic mass is 9.94. The summed E-state index contributed by atoms with van der Waals surface area (Å²) in [4.78, 5) is 29.6. The lowest BCUT2D eigenvalue weighted by Crippen LogP contribution is -2.53. The van der Waals surface area contributed by atoms with Crippen molar-refractivity contribution in [1.82, 2.24) is 10.2 Å². The van der Waals surface area contributed by atoms with Gasteiger partial charge in [0, 0.05) is 24.0 Å². The van der Waals surface area contributed by atoms with Crippen molar-refractivity contribution in [3.8, 4) is 0 Å². The smallest absolute Gasteiger partial charge is 0.243 e. The van der Waals surface area contributed by atoms with Crippen molar-refractivity contribution in [2.45, 2.75) is 77.4 Å². The van der Waals surface area contributed by atoms with Gasteiger partial charge >= 0.3 is 0 Å². The maximum Gasteiger partial charge on any atom is 0.243 e. The van der Waals surface area contributed by atoms with Crippen LogP contribution in [0.2, 0.25) is 5.02 Å². The van der Waals surface area contributed by atoms with Gasteiger partial charge in [0.1, 0.15) is 6.04 Å². The second kappa shape index (κ2) is 12.9. The molecule has 0 radical (unpaired) electrons. The minimum Gasteiger partial charge on any atom is -0.352 e. The third kappa shape index (κ3) is 7.93. The molecule has 194 valence electrons. The fraction of sp³-hybridized carbons (Fsp3) is 0.375. The summed E-state index contributed by atoms with van der Waals surface area (Å²) in [5.41, 5.74) is 5.20. The molecular formula is C32H37ClN2O2. The number of amides is 2. The topological polar surface area (TPSA) is 49.4 Å². The van der Waals surface area contributed by atoms with Crippen LogP contribution in [-0.4, -0.2) is 28.8 Å². The third-order valence-corrected chi connectivity index (χ3v) is 7.38.